The Bertz CT molecular complexity index is 889. The van der Waals surface area contributed by atoms with Crippen molar-refractivity contribution in [3.05, 3.63) is 23.8 Å². The molecule has 4 fully saturated rings. The van der Waals surface area contributed by atoms with Crippen LogP contribution in [0, 0.1) is 52.3 Å². The maximum absolute atomic E-state index is 12.8. The summed E-state index contributed by atoms with van der Waals surface area (Å²) in [6.45, 7) is 7.56. The Morgan fingerprint density at radius 2 is 1.97 bits per heavy atom. The van der Waals surface area contributed by atoms with E-state index in [9.17, 15) is 9.90 Å². The normalized spacial score (nSPS) is 49.0. The predicted molar refractivity (Wildman–Crippen MR) is 139 cm³/mol. The molecule has 2 bridgehead atoms. The number of aliphatic hydroxyl groups excluding tert-OH is 1. The second-order valence-electron chi connectivity index (χ2n) is 14.1. The molecule has 0 unspecified atom stereocenters. The third-order valence-corrected chi connectivity index (χ3v) is 12.4. The zero-order valence-corrected chi connectivity index (χ0v) is 22.4. The number of aliphatic hydroxyl groups is 1. The minimum atomic E-state index is -0.118. The van der Waals surface area contributed by atoms with Gasteiger partial charge in [-0.25, -0.2) is 0 Å². The van der Waals surface area contributed by atoms with Crippen LogP contribution in [0.1, 0.15) is 104 Å². The van der Waals surface area contributed by atoms with Crippen LogP contribution in [0.25, 0.3) is 0 Å². The monoisotopic (exact) mass is 480 g/mol. The van der Waals surface area contributed by atoms with Crippen LogP contribution in [-0.4, -0.2) is 23.3 Å². The van der Waals surface area contributed by atoms with E-state index in [1.807, 2.05) is 0 Å². The molecule has 6 rings (SSSR count). The zero-order chi connectivity index (χ0) is 24.4. The molecule has 1 N–H and O–H groups in total. The third kappa shape index (κ3) is 4.07. The minimum Gasteiger partial charge on any atom is -0.462 e. The summed E-state index contributed by atoms with van der Waals surface area (Å²) in [4.78, 5) is 12.8. The molecule has 194 valence electrons. The molecule has 0 aliphatic heterocycles. The quantitative estimate of drug-likeness (QED) is 0.333. The van der Waals surface area contributed by atoms with Crippen molar-refractivity contribution < 1.29 is 14.6 Å². The van der Waals surface area contributed by atoms with Crippen molar-refractivity contribution in [2.24, 2.45) is 52.3 Å². The van der Waals surface area contributed by atoms with Gasteiger partial charge in [0.2, 0.25) is 0 Å². The fourth-order valence-electron chi connectivity index (χ4n) is 10.5. The van der Waals surface area contributed by atoms with E-state index >= 15 is 0 Å². The molecule has 0 aromatic carbocycles. The lowest BCUT2D eigenvalue weighted by Crippen LogP contribution is -2.50. The Hall–Kier alpha value is -1.09. The van der Waals surface area contributed by atoms with Crippen molar-refractivity contribution in [2.75, 3.05) is 0 Å². The molecule has 0 heterocycles. The van der Waals surface area contributed by atoms with E-state index in [2.05, 4.69) is 39.0 Å². The van der Waals surface area contributed by atoms with Crippen molar-refractivity contribution in [3.8, 4) is 0 Å². The largest absolute Gasteiger partial charge is 0.462 e. The summed E-state index contributed by atoms with van der Waals surface area (Å²) in [5.74, 6) is 5.02. The molecular weight excluding hydrogens is 432 g/mol. The van der Waals surface area contributed by atoms with Gasteiger partial charge in [-0.2, -0.15) is 0 Å². The van der Waals surface area contributed by atoms with E-state index in [1.165, 1.54) is 51.4 Å². The van der Waals surface area contributed by atoms with E-state index in [0.717, 1.165) is 55.3 Å². The van der Waals surface area contributed by atoms with Crippen LogP contribution in [0.15, 0.2) is 23.8 Å². The highest BCUT2D eigenvalue weighted by atomic mass is 16.5. The van der Waals surface area contributed by atoms with Gasteiger partial charge in [-0.05, 0) is 123 Å². The number of rotatable bonds is 5. The predicted octanol–water partition coefficient (Wildman–Crippen LogP) is 7.24. The van der Waals surface area contributed by atoms with Crippen molar-refractivity contribution in [1.82, 2.24) is 0 Å². The molecule has 0 saturated heterocycles. The van der Waals surface area contributed by atoms with Gasteiger partial charge in [0.05, 0.1) is 6.10 Å². The first-order valence-corrected chi connectivity index (χ1v) is 15.0. The topological polar surface area (TPSA) is 46.5 Å². The summed E-state index contributed by atoms with van der Waals surface area (Å²) in [5, 5.41) is 10.3. The molecule has 11 atom stereocenters. The van der Waals surface area contributed by atoms with E-state index in [0.29, 0.717) is 29.1 Å². The van der Waals surface area contributed by atoms with Gasteiger partial charge in [0.1, 0.15) is 6.10 Å². The van der Waals surface area contributed by atoms with E-state index in [1.54, 1.807) is 5.57 Å². The number of hydrogen-bond donors (Lipinski definition) is 1. The molecule has 0 aromatic heterocycles. The first-order valence-electron chi connectivity index (χ1n) is 15.0. The van der Waals surface area contributed by atoms with Crippen molar-refractivity contribution in [2.45, 2.75) is 116 Å². The Balaban J connectivity index is 1.08. The fraction of sp³-hybridized carbons (Fsp3) is 0.844. The minimum absolute atomic E-state index is 0.0450. The van der Waals surface area contributed by atoms with Crippen LogP contribution in [0.2, 0.25) is 0 Å². The van der Waals surface area contributed by atoms with Crippen LogP contribution in [0.4, 0.5) is 0 Å². The van der Waals surface area contributed by atoms with E-state index in [4.69, 9.17) is 4.74 Å². The Kier molecular flexibility index (Phi) is 6.26. The first kappa shape index (κ1) is 24.3. The van der Waals surface area contributed by atoms with E-state index < -0.39 is 0 Å². The third-order valence-electron chi connectivity index (χ3n) is 12.4. The number of carbonyl (C=O) groups is 1. The molecule has 0 spiro atoms. The first-order chi connectivity index (χ1) is 16.8. The Labute approximate surface area is 213 Å². The molecule has 0 amide bonds. The average Bonchev–Trinajstić information content (AvgIpc) is 3.33. The highest BCUT2D eigenvalue weighted by molar-refractivity contribution is 5.69. The lowest BCUT2D eigenvalue weighted by atomic mass is 9.47. The maximum atomic E-state index is 12.8. The second kappa shape index (κ2) is 9.03. The molecule has 6 aliphatic carbocycles. The summed E-state index contributed by atoms with van der Waals surface area (Å²) in [6.07, 6.45) is 21.9. The lowest BCUT2D eigenvalue weighted by Gasteiger charge is -2.58. The van der Waals surface area contributed by atoms with Crippen LogP contribution in [0.3, 0.4) is 0 Å². The summed E-state index contributed by atoms with van der Waals surface area (Å²) in [6, 6.07) is 0. The molecule has 3 heteroatoms. The van der Waals surface area contributed by atoms with Crippen LogP contribution >= 0.6 is 0 Å². The van der Waals surface area contributed by atoms with Gasteiger partial charge in [0.25, 0.3) is 0 Å². The van der Waals surface area contributed by atoms with Crippen molar-refractivity contribution in [3.63, 3.8) is 0 Å². The summed E-state index contributed by atoms with van der Waals surface area (Å²) in [5.41, 5.74) is 2.32. The Morgan fingerprint density at radius 3 is 2.80 bits per heavy atom. The zero-order valence-electron chi connectivity index (χ0n) is 22.4. The smallest absolute Gasteiger partial charge is 0.306 e. The SMILES string of the molecule is C[C@@H](CCC(=O)O[C@@H]1C[C@@H]2CC=C[C@@H]1C2)[C@H]1CC[C@H]2[C@@H]3CC=C4C[C@@H](O)CC[C@]4(C)[C@H]3CC[C@]12C. The standard InChI is InChI=1S/C32H48O3/c1-20(7-12-30(34)35-29-18-21-5-4-6-22(29)17-21)26-10-11-27-25-9-8-23-19-24(33)13-15-31(23,2)28(25)14-16-32(26,27)3/h4,6,8,20-22,24-29,33H,5,7,9-19H2,1-3H3/t20-,21+,22+,24-,25-,26+,27-,28-,29+,31-,32+/m0/s1. The van der Waals surface area contributed by atoms with Gasteiger partial charge in [-0.1, -0.05) is 44.6 Å². The molecule has 4 saturated carbocycles. The molecule has 35 heavy (non-hydrogen) atoms. The van der Waals surface area contributed by atoms with Gasteiger partial charge in [0, 0.05) is 12.3 Å². The summed E-state index contributed by atoms with van der Waals surface area (Å²) >= 11 is 0. The Morgan fingerprint density at radius 1 is 1.11 bits per heavy atom. The second-order valence-corrected chi connectivity index (χ2v) is 14.1. The van der Waals surface area contributed by atoms with Gasteiger partial charge in [0.15, 0.2) is 0 Å². The van der Waals surface area contributed by atoms with E-state index in [-0.39, 0.29) is 18.2 Å². The van der Waals surface area contributed by atoms with Crippen molar-refractivity contribution >= 4 is 5.97 Å². The highest BCUT2D eigenvalue weighted by Crippen LogP contribution is 2.67. The van der Waals surface area contributed by atoms with Crippen molar-refractivity contribution in [1.29, 1.82) is 0 Å². The molecule has 6 aliphatic rings. The number of hydrogen-bond acceptors (Lipinski definition) is 3. The fourth-order valence-corrected chi connectivity index (χ4v) is 10.5. The molecular formula is C32H48O3. The van der Waals surface area contributed by atoms with Gasteiger partial charge >= 0.3 is 5.97 Å². The number of allylic oxidation sites excluding steroid dienone is 2. The van der Waals surface area contributed by atoms with Gasteiger partial charge < -0.3 is 9.84 Å². The number of carbonyl (C=O) groups excluding carboxylic acids is 1. The van der Waals surface area contributed by atoms with Crippen LogP contribution in [-0.2, 0) is 9.53 Å². The number of esters is 1. The van der Waals surface area contributed by atoms with Gasteiger partial charge in [-0.3, -0.25) is 4.79 Å². The van der Waals surface area contributed by atoms with Crippen LogP contribution in [0.5, 0.6) is 0 Å². The maximum Gasteiger partial charge on any atom is 0.306 e. The molecule has 3 nitrogen and oxygen atoms in total. The van der Waals surface area contributed by atoms with Crippen LogP contribution < -0.4 is 0 Å². The summed E-state index contributed by atoms with van der Waals surface area (Å²) in [7, 11) is 0. The number of fused-ring (bicyclic) bond motifs is 7. The summed E-state index contributed by atoms with van der Waals surface area (Å²) < 4.78 is 6.00. The molecule has 0 radical (unpaired) electrons. The molecule has 0 aromatic rings. The van der Waals surface area contributed by atoms with Gasteiger partial charge in [-0.15, -0.1) is 0 Å². The highest BCUT2D eigenvalue weighted by Gasteiger charge is 2.59. The number of ether oxygens (including phenoxy) is 1. The average molecular weight is 481 g/mol. The lowest BCUT2D eigenvalue weighted by molar-refractivity contribution is -0.150.